The lowest BCUT2D eigenvalue weighted by Gasteiger charge is -2.38. The number of carbonyl (C=O) groups excluding carboxylic acids is 1. The van der Waals surface area contributed by atoms with Crippen LogP contribution in [-0.2, 0) is 24.2 Å². The minimum atomic E-state index is 0.199. The second kappa shape index (κ2) is 9.31. The van der Waals surface area contributed by atoms with E-state index >= 15 is 0 Å². The molecule has 0 spiro atoms. The van der Waals surface area contributed by atoms with Gasteiger partial charge >= 0.3 is 0 Å². The maximum atomic E-state index is 13.1. The summed E-state index contributed by atoms with van der Waals surface area (Å²) in [5.41, 5.74) is 4.87. The fraction of sp³-hybridized carbons (Fsp3) is 0.458. The first-order chi connectivity index (χ1) is 14.6. The monoisotopic (exact) mass is 425 g/mol. The summed E-state index contributed by atoms with van der Waals surface area (Å²) in [6.45, 7) is 5.58. The summed E-state index contributed by atoms with van der Waals surface area (Å²) >= 11 is 1.72. The number of benzene rings is 2. The zero-order valence-electron chi connectivity index (χ0n) is 18.2. The summed E-state index contributed by atoms with van der Waals surface area (Å²) in [7, 11) is 3.91. The quantitative estimate of drug-likeness (QED) is 0.687. The average molecular weight is 426 g/mol. The summed E-state index contributed by atoms with van der Waals surface area (Å²) in [5.74, 6) is 1.15. The Hall–Kier alpha value is -2.18. The number of carbonyl (C=O) groups is 1. The first-order valence-electron chi connectivity index (χ1n) is 10.6. The zero-order valence-corrected chi connectivity index (χ0v) is 19.0. The normalized spacial score (nSPS) is 17.0. The van der Waals surface area contributed by atoms with Gasteiger partial charge in [0.25, 0.3) is 0 Å². The molecule has 30 heavy (non-hydrogen) atoms. The number of anilines is 1. The van der Waals surface area contributed by atoms with Gasteiger partial charge in [-0.2, -0.15) is 0 Å². The lowest BCUT2D eigenvalue weighted by Crippen LogP contribution is -2.45. The molecule has 1 amide bonds. The lowest BCUT2D eigenvalue weighted by atomic mass is 9.95. The Morgan fingerprint density at radius 1 is 1.00 bits per heavy atom. The van der Waals surface area contributed by atoms with Crippen LogP contribution in [0.2, 0.25) is 0 Å². The van der Waals surface area contributed by atoms with Crippen molar-refractivity contribution in [3.8, 4) is 5.75 Å². The van der Waals surface area contributed by atoms with Gasteiger partial charge in [0.1, 0.15) is 5.75 Å². The molecule has 2 aromatic carbocycles. The maximum absolute atomic E-state index is 13.1. The molecule has 0 N–H and O–H groups in total. The van der Waals surface area contributed by atoms with Crippen LogP contribution < -0.4 is 9.64 Å². The van der Waals surface area contributed by atoms with Crippen LogP contribution in [0.4, 0.5) is 5.69 Å². The van der Waals surface area contributed by atoms with Crippen molar-refractivity contribution in [1.82, 2.24) is 9.80 Å². The van der Waals surface area contributed by atoms with Crippen molar-refractivity contribution in [3.63, 3.8) is 0 Å². The Kier molecular flexibility index (Phi) is 6.54. The summed E-state index contributed by atoms with van der Waals surface area (Å²) in [4.78, 5) is 21.2. The van der Waals surface area contributed by atoms with Crippen LogP contribution in [0.5, 0.6) is 5.75 Å². The molecule has 160 valence electrons. The highest BCUT2D eigenvalue weighted by Crippen LogP contribution is 2.36. The Morgan fingerprint density at radius 2 is 1.73 bits per heavy atom. The first-order valence-corrected chi connectivity index (χ1v) is 11.8. The minimum Gasteiger partial charge on any atom is -0.496 e. The van der Waals surface area contributed by atoms with Crippen molar-refractivity contribution in [3.05, 3.63) is 53.1 Å². The molecule has 0 aliphatic carbocycles. The third kappa shape index (κ3) is 4.44. The highest BCUT2D eigenvalue weighted by molar-refractivity contribution is 7.98. The molecular weight excluding hydrogens is 394 g/mol. The molecule has 2 aliphatic heterocycles. The Bertz CT molecular complexity index is 892. The Labute approximate surface area is 184 Å². The highest BCUT2D eigenvalue weighted by atomic mass is 32.2. The second-order valence-corrected chi connectivity index (χ2v) is 9.00. The van der Waals surface area contributed by atoms with Crippen LogP contribution in [0.3, 0.4) is 0 Å². The van der Waals surface area contributed by atoms with Crippen molar-refractivity contribution in [1.29, 1.82) is 0 Å². The number of thioether (sulfide) groups is 1. The van der Waals surface area contributed by atoms with E-state index in [0.29, 0.717) is 13.0 Å². The number of hydrogen-bond acceptors (Lipinski definition) is 5. The molecule has 1 fully saturated rings. The second-order valence-electron chi connectivity index (χ2n) is 8.12. The highest BCUT2D eigenvalue weighted by Gasteiger charge is 2.28. The van der Waals surface area contributed by atoms with Gasteiger partial charge in [0.05, 0.1) is 13.5 Å². The Balaban J connectivity index is 1.54. The van der Waals surface area contributed by atoms with Crippen molar-refractivity contribution in [2.75, 3.05) is 58.0 Å². The lowest BCUT2D eigenvalue weighted by molar-refractivity contribution is -0.131. The molecule has 0 radical (unpaired) electrons. The number of rotatable bonds is 5. The topological polar surface area (TPSA) is 36.0 Å². The minimum absolute atomic E-state index is 0.199. The standard InChI is InChI=1S/C24H31N3O2S/c1-25-12-14-26(15-13-25)22-8-9-23(29-2)20-10-11-27(17-21(20)22)24(28)16-18-4-6-19(30-3)7-5-18/h4-9H,10-17H2,1-3H3. The van der Waals surface area contributed by atoms with Gasteiger partial charge < -0.3 is 19.4 Å². The largest absolute Gasteiger partial charge is 0.496 e. The van der Waals surface area contributed by atoms with Gasteiger partial charge in [-0.3, -0.25) is 4.79 Å². The van der Waals surface area contributed by atoms with Gasteiger partial charge in [-0.1, -0.05) is 12.1 Å². The number of methoxy groups -OCH3 is 1. The van der Waals surface area contributed by atoms with E-state index in [0.717, 1.165) is 50.5 Å². The molecular formula is C24H31N3O2S. The van der Waals surface area contributed by atoms with Crippen LogP contribution >= 0.6 is 11.8 Å². The summed E-state index contributed by atoms with van der Waals surface area (Å²) in [6, 6.07) is 12.6. The zero-order chi connectivity index (χ0) is 21.1. The SMILES string of the molecule is COc1ccc(N2CCN(C)CC2)c2c1CCN(C(=O)Cc1ccc(SC)cc1)C2. The van der Waals surface area contributed by atoms with Gasteiger partial charge in [-0.25, -0.2) is 0 Å². The van der Waals surface area contributed by atoms with E-state index < -0.39 is 0 Å². The number of fused-ring (bicyclic) bond motifs is 1. The molecule has 6 heteroatoms. The number of nitrogens with zero attached hydrogens (tertiary/aromatic N) is 3. The van der Waals surface area contributed by atoms with Gasteiger partial charge in [0, 0.05) is 61.0 Å². The molecule has 2 aromatic rings. The number of amides is 1. The van der Waals surface area contributed by atoms with E-state index in [-0.39, 0.29) is 5.91 Å². The Morgan fingerprint density at radius 3 is 2.40 bits per heavy atom. The maximum Gasteiger partial charge on any atom is 0.227 e. The molecule has 4 rings (SSSR count). The van der Waals surface area contributed by atoms with Crippen LogP contribution in [0.25, 0.3) is 0 Å². The molecule has 0 saturated carbocycles. The fourth-order valence-corrected chi connectivity index (χ4v) is 4.81. The van der Waals surface area contributed by atoms with E-state index in [1.807, 2.05) is 4.90 Å². The first kappa shape index (κ1) is 21.1. The molecule has 1 saturated heterocycles. The molecule has 0 unspecified atom stereocenters. The smallest absolute Gasteiger partial charge is 0.227 e. The van der Waals surface area contributed by atoms with Crippen LogP contribution in [0.1, 0.15) is 16.7 Å². The number of likely N-dealkylation sites (N-methyl/N-ethyl adjacent to an activating group) is 1. The van der Waals surface area contributed by atoms with E-state index in [2.05, 4.69) is 59.5 Å². The van der Waals surface area contributed by atoms with Crippen molar-refractivity contribution < 1.29 is 9.53 Å². The predicted octanol–water partition coefficient (Wildman–Crippen LogP) is 3.30. The number of ether oxygens (including phenoxy) is 1. The van der Waals surface area contributed by atoms with E-state index in [1.165, 1.54) is 21.7 Å². The molecule has 2 heterocycles. The van der Waals surface area contributed by atoms with E-state index in [9.17, 15) is 4.79 Å². The van der Waals surface area contributed by atoms with E-state index in [1.54, 1.807) is 18.9 Å². The van der Waals surface area contributed by atoms with Crippen LogP contribution in [0, 0.1) is 0 Å². The molecule has 0 bridgehead atoms. The fourth-order valence-electron chi connectivity index (χ4n) is 4.40. The average Bonchev–Trinajstić information content (AvgIpc) is 2.79. The molecule has 0 aromatic heterocycles. The van der Waals surface area contributed by atoms with Gasteiger partial charge in [0.15, 0.2) is 0 Å². The summed E-state index contributed by atoms with van der Waals surface area (Å²) < 4.78 is 5.65. The van der Waals surface area contributed by atoms with Gasteiger partial charge in [-0.05, 0) is 49.6 Å². The third-order valence-corrected chi connectivity index (χ3v) is 7.02. The molecule has 2 aliphatic rings. The summed E-state index contributed by atoms with van der Waals surface area (Å²) in [5, 5.41) is 0. The van der Waals surface area contributed by atoms with Crippen molar-refractivity contribution in [2.24, 2.45) is 0 Å². The van der Waals surface area contributed by atoms with Crippen molar-refractivity contribution >= 4 is 23.4 Å². The number of piperazine rings is 1. The predicted molar refractivity (Wildman–Crippen MR) is 124 cm³/mol. The van der Waals surface area contributed by atoms with Crippen LogP contribution in [-0.4, -0.2) is 68.8 Å². The van der Waals surface area contributed by atoms with Crippen molar-refractivity contribution in [2.45, 2.75) is 24.3 Å². The van der Waals surface area contributed by atoms with Gasteiger partial charge in [0.2, 0.25) is 5.91 Å². The molecule has 0 atom stereocenters. The van der Waals surface area contributed by atoms with Gasteiger partial charge in [-0.15, -0.1) is 11.8 Å². The van der Waals surface area contributed by atoms with Crippen LogP contribution in [0.15, 0.2) is 41.3 Å². The third-order valence-electron chi connectivity index (χ3n) is 6.28. The summed E-state index contributed by atoms with van der Waals surface area (Å²) in [6.07, 6.45) is 3.37. The number of hydrogen-bond donors (Lipinski definition) is 0. The molecule has 5 nitrogen and oxygen atoms in total. The van der Waals surface area contributed by atoms with E-state index in [4.69, 9.17) is 4.74 Å².